The van der Waals surface area contributed by atoms with E-state index in [2.05, 4.69) is 0 Å². The van der Waals surface area contributed by atoms with Crippen LogP contribution in [0.15, 0.2) is 17.0 Å². The Bertz CT molecular complexity index is 567. The van der Waals surface area contributed by atoms with Crippen molar-refractivity contribution in [2.24, 2.45) is 0 Å². The van der Waals surface area contributed by atoms with Gasteiger partial charge in [0.15, 0.2) is 9.84 Å². The molecule has 0 saturated carbocycles. The third-order valence-corrected chi connectivity index (χ3v) is 5.03. The highest BCUT2D eigenvalue weighted by molar-refractivity contribution is 7.91. The number of rotatable bonds is 5. The van der Waals surface area contributed by atoms with Gasteiger partial charge in [0, 0.05) is 0 Å². The van der Waals surface area contributed by atoms with Gasteiger partial charge in [0.25, 0.3) is 0 Å². The van der Waals surface area contributed by atoms with E-state index in [9.17, 15) is 13.2 Å². The van der Waals surface area contributed by atoms with Crippen molar-refractivity contribution in [3.63, 3.8) is 0 Å². The lowest BCUT2D eigenvalue weighted by Gasteiger charge is -2.09. The van der Waals surface area contributed by atoms with Gasteiger partial charge in [-0.3, -0.25) is 0 Å². The van der Waals surface area contributed by atoms with E-state index in [0.29, 0.717) is 6.42 Å². The molecule has 0 bridgehead atoms. The molecule has 0 spiro atoms. The largest absolute Gasteiger partial charge is 0.478 e. The predicted molar refractivity (Wildman–Crippen MR) is 70.4 cm³/mol. The van der Waals surface area contributed by atoms with Crippen molar-refractivity contribution in [2.45, 2.75) is 24.7 Å². The second kappa shape index (κ2) is 5.91. The molecule has 4 nitrogen and oxygen atoms in total. The third-order valence-electron chi connectivity index (χ3n) is 2.37. The first-order valence-corrected chi connectivity index (χ1v) is 7.66. The van der Waals surface area contributed by atoms with Gasteiger partial charge in [-0.1, -0.05) is 36.5 Å². The minimum absolute atomic E-state index is 0.0656. The smallest absolute Gasteiger partial charge is 0.338 e. The molecule has 0 aromatic heterocycles. The Morgan fingerprint density at radius 3 is 2.44 bits per heavy atom. The predicted octanol–water partition coefficient (Wildman–Crippen LogP) is 3.27. The minimum Gasteiger partial charge on any atom is -0.478 e. The molecule has 0 aliphatic carbocycles. The highest BCUT2D eigenvalue weighted by atomic mass is 35.5. The fourth-order valence-electron chi connectivity index (χ4n) is 1.41. The van der Waals surface area contributed by atoms with Crippen molar-refractivity contribution in [2.75, 3.05) is 5.75 Å². The molecular weight excluding hydrogens is 299 g/mol. The first-order chi connectivity index (χ1) is 8.31. The van der Waals surface area contributed by atoms with Gasteiger partial charge in [-0.05, 0) is 18.6 Å². The van der Waals surface area contributed by atoms with Crippen LogP contribution in [0.1, 0.15) is 30.1 Å². The van der Waals surface area contributed by atoms with Gasteiger partial charge in [0.05, 0.1) is 26.3 Å². The van der Waals surface area contributed by atoms with Gasteiger partial charge in [-0.15, -0.1) is 0 Å². The van der Waals surface area contributed by atoms with Gasteiger partial charge in [-0.2, -0.15) is 0 Å². The molecule has 100 valence electrons. The quantitative estimate of drug-likeness (QED) is 0.906. The van der Waals surface area contributed by atoms with Crippen molar-refractivity contribution in [3.05, 3.63) is 27.7 Å². The number of benzene rings is 1. The zero-order valence-electron chi connectivity index (χ0n) is 9.61. The molecule has 0 fully saturated rings. The molecule has 0 aliphatic rings. The summed E-state index contributed by atoms with van der Waals surface area (Å²) < 4.78 is 24.0. The Labute approximate surface area is 115 Å². The zero-order chi connectivity index (χ0) is 13.9. The van der Waals surface area contributed by atoms with E-state index in [1.807, 2.05) is 6.92 Å². The summed E-state index contributed by atoms with van der Waals surface area (Å²) in [7, 11) is -3.58. The van der Waals surface area contributed by atoms with Crippen molar-refractivity contribution < 1.29 is 18.3 Å². The first kappa shape index (κ1) is 15.3. The molecule has 0 aliphatic heterocycles. The maximum Gasteiger partial charge on any atom is 0.338 e. The fraction of sp³-hybridized carbons (Fsp3) is 0.364. The van der Waals surface area contributed by atoms with E-state index in [0.717, 1.165) is 6.42 Å². The number of aromatic carboxylic acids is 1. The molecule has 1 aromatic carbocycles. The lowest BCUT2D eigenvalue weighted by Crippen LogP contribution is -2.10. The number of carboxylic acids is 1. The second-order valence-corrected chi connectivity index (χ2v) is 6.57. The number of unbranched alkanes of at least 4 members (excludes halogenated alkanes) is 1. The van der Waals surface area contributed by atoms with Crippen LogP contribution in [0.4, 0.5) is 0 Å². The van der Waals surface area contributed by atoms with Crippen LogP contribution < -0.4 is 0 Å². The Morgan fingerprint density at radius 1 is 1.33 bits per heavy atom. The number of hydrogen-bond donors (Lipinski definition) is 1. The zero-order valence-corrected chi connectivity index (χ0v) is 11.9. The van der Waals surface area contributed by atoms with Crippen molar-refractivity contribution >= 4 is 39.0 Å². The van der Waals surface area contributed by atoms with Crippen LogP contribution in [0.2, 0.25) is 10.0 Å². The summed E-state index contributed by atoms with van der Waals surface area (Å²) >= 11 is 11.5. The van der Waals surface area contributed by atoms with Gasteiger partial charge >= 0.3 is 5.97 Å². The molecule has 0 heterocycles. The standard InChI is InChI=1S/C11H12Cl2O4S/c1-2-3-6-18(16,17)8-5-4-7(12)9(10(8)13)11(14)15/h4-5H,2-3,6H2,1H3,(H,14,15). The SMILES string of the molecule is CCCCS(=O)(=O)c1ccc(Cl)c(C(=O)O)c1Cl. The minimum atomic E-state index is -3.58. The monoisotopic (exact) mass is 310 g/mol. The normalized spacial score (nSPS) is 11.5. The van der Waals surface area contributed by atoms with Crippen LogP contribution >= 0.6 is 23.2 Å². The number of hydrogen-bond acceptors (Lipinski definition) is 3. The maximum absolute atomic E-state index is 12.0. The number of sulfone groups is 1. The molecule has 1 aromatic rings. The molecular formula is C11H12Cl2O4S. The highest BCUT2D eigenvalue weighted by Gasteiger charge is 2.24. The molecule has 0 unspecified atom stereocenters. The Morgan fingerprint density at radius 2 is 1.94 bits per heavy atom. The molecule has 1 rings (SSSR count). The topological polar surface area (TPSA) is 71.4 Å². The van der Waals surface area contributed by atoms with Crippen LogP contribution in [0.5, 0.6) is 0 Å². The van der Waals surface area contributed by atoms with E-state index < -0.39 is 15.8 Å². The molecule has 0 radical (unpaired) electrons. The Kier molecular flexibility index (Phi) is 5.01. The summed E-state index contributed by atoms with van der Waals surface area (Å²) in [4.78, 5) is 10.8. The van der Waals surface area contributed by atoms with Crippen LogP contribution in [0.3, 0.4) is 0 Å². The molecule has 0 saturated heterocycles. The summed E-state index contributed by atoms with van der Waals surface area (Å²) in [6.07, 6.45) is 1.21. The molecule has 18 heavy (non-hydrogen) atoms. The van der Waals surface area contributed by atoms with Crippen LogP contribution in [-0.2, 0) is 9.84 Å². The average molecular weight is 311 g/mol. The van der Waals surface area contributed by atoms with E-state index in [4.69, 9.17) is 28.3 Å². The van der Waals surface area contributed by atoms with E-state index in [-0.39, 0.29) is 26.3 Å². The number of halogens is 2. The first-order valence-electron chi connectivity index (χ1n) is 5.25. The molecule has 0 atom stereocenters. The molecule has 7 heteroatoms. The summed E-state index contributed by atoms with van der Waals surface area (Å²) in [6.45, 7) is 1.86. The van der Waals surface area contributed by atoms with E-state index in [1.165, 1.54) is 12.1 Å². The van der Waals surface area contributed by atoms with E-state index in [1.54, 1.807) is 0 Å². The van der Waals surface area contributed by atoms with Gasteiger partial charge in [-0.25, -0.2) is 13.2 Å². The molecule has 1 N–H and O–H groups in total. The average Bonchev–Trinajstić information content (AvgIpc) is 2.25. The number of carboxylic acid groups (broad SMARTS) is 1. The lowest BCUT2D eigenvalue weighted by molar-refractivity contribution is 0.0697. The highest BCUT2D eigenvalue weighted by Crippen LogP contribution is 2.31. The van der Waals surface area contributed by atoms with Crippen molar-refractivity contribution in [1.29, 1.82) is 0 Å². The van der Waals surface area contributed by atoms with Crippen LogP contribution in [0, 0.1) is 0 Å². The third kappa shape index (κ3) is 3.16. The Balaban J connectivity index is 3.36. The maximum atomic E-state index is 12.0. The van der Waals surface area contributed by atoms with Gasteiger partial charge in [0.2, 0.25) is 0 Å². The van der Waals surface area contributed by atoms with Crippen molar-refractivity contribution in [1.82, 2.24) is 0 Å². The summed E-state index contributed by atoms with van der Waals surface area (Å²) in [5.74, 6) is -1.42. The van der Waals surface area contributed by atoms with Gasteiger partial charge in [0.1, 0.15) is 0 Å². The van der Waals surface area contributed by atoms with Crippen LogP contribution in [-0.4, -0.2) is 25.2 Å². The Hall–Kier alpha value is -0.780. The summed E-state index contributed by atoms with van der Waals surface area (Å²) in [6, 6.07) is 2.47. The fourth-order valence-corrected chi connectivity index (χ4v) is 3.84. The number of carbonyl (C=O) groups is 1. The van der Waals surface area contributed by atoms with Gasteiger partial charge < -0.3 is 5.11 Å². The molecule has 0 amide bonds. The summed E-state index contributed by atoms with van der Waals surface area (Å²) in [5, 5.41) is 8.54. The second-order valence-electron chi connectivity index (χ2n) is 3.71. The van der Waals surface area contributed by atoms with Crippen LogP contribution in [0.25, 0.3) is 0 Å². The lowest BCUT2D eigenvalue weighted by atomic mass is 10.2. The van der Waals surface area contributed by atoms with E-state index >= 15 is 0 Å². The summed E-state index contributed by atoms with van der Waals surface area (Å²) in [5.41, 5.74) is -0.379. The van der Waals surface area contributed by atoms with Crippen molar-refractivity contribution in [3.8, 4) is 0 Å².